The number of nitrogen functional groups attached to an aromatic ring is 1. The van der Waals surface area contributed by atoms with Crippen LogP contribution >= 0.6 is 11.3 Å². The Morgan fingerprint density at radius 1 is 1.45 bits per heavy atom. The molecule has 0 aliphatic heterocycles. The number of nitrogens with zero attached hydrogens (tertiary/aromatic N) is 2. The zero-order valence-electron chi connectivity index (χ0n) is 11.6. The molecule has 2 aromatic rings. The summed E-state index contributed by atoms with van der Waals surface area (Å²) < 4.78 is 0. The third-order valence-corrected chi connectivity index (χ3v) is 5.05. The summed E-state index contributed by atoms with van der Waals surface area (Å²) >= 11 is 1.67. The van der Waals surface area contributed by atoms with Crippen LogP contribution in [0.4, 0.5) is 11.8 Å². The summed E-state index contributed by atoms with van der Waals surface area (Å²) in [5, 5.41) is 14.0. The molecule has 2 aromatic heterocycles. The first kappa shape index (κ1) is 13.6. The van der Waals surface area contributed by atoms with Crippen LogP contribution in [-0.2, 0) is 6.42 Å². The third-order valence-electron chi connectivity index (χ3n) is 3.88. The Kier molecular flexibility index (Phi) is 3.76. The van der Waals surface area contributed by atoms with Gasteiger partial charge in [0.25, 0.3) is 0 Å². The second-order valence-electron chi connectivity index (χ2n) is 5.43. The molecule has 0 radical (unpaired) electrons. The topological polar surface area (TPSA) is 84.1 Å². The highest BCUT2D eigenvalue weighted by Crippen LogP contribution is 2.31. The minimum Gasteiger partial charge on any atom is -0.393 e. The van der Waals surface area contributed by atoms with Gasteiger partial charge in [-0.05, 0) is 37.7 Å². The first-order valence-corrected chi connectivity index (χ1v) is 7.95. The standard InChI is InChI=1S/C14H20N4OS/c1-2-10-6-11-12(17-14(15)18-13(11)20-10)16-7-8-3-4-9(19)5-8/h6,8-9,19H,2-5,7H2,1H3,(H3,15,16,17,18). The van der Waals surface area contributed by atoms with E-state index in [-0.39, 0.29) is 6.10 Å². The molecule has 0 aromatic carbocycles. The van der Waals surface area contributed by atoms with Gasteiger partial charge in [-0.15, -0.1) is 11.3 Å². The van der Waals surface area contributed by atoms with Gasteiger partial charge >= 0.3 is 0 Å². The van der Waals surface area contributed by atoms with Crippen molar-refractivity contribution in [1.82, 2.24) is 9.97 Å². The number of aliphatic hydroxyl groups is 1. The fourth-order valence-corrected chi connectivity index (χ4v) is 3.75. The molecular formula is C14H20N4OS. The van der Waals surface area contributed by atoms with Crippen LogP contribution in [0.2, 0.25) is 0 Å². The summed E-state index contributed by atoms with van der Waals surface area (Å²) in [4.78, 5) is 10.9. The van der Waals surface area contributed by atoms with Crippen molar-refractivity contribution in [1.29, 1.82) is 0 Å². The number of thiophene rings is 1. The average molecular weight is 292 g/mol. The van der Waals surface area contributed by atoms with Gasteiger partial charge in [0.2, 0.25) is 5.95 Å². The molecule has 5 nitrogen and oxygen atoms in total. The van der Waals surface area contributed by atoms with E-state index in [1.54, 1.807) is 11.3 Å². The number of nitrogens with one attached hydrogen (secondary N) is 1. The molecule has 6 heteroatoms. The van der Waals surface area contributed by atoms with Gasteiger partial charge in [-0.25, -0.2) is 4.98 Å². The molecule has 4 N–H and O–H groups in total. The molecule has 1 aliphatic carbocycles. The van der Waals surface area contributed by atoms with Crippen molar-refractivity contribution in [2.45, 2.75) is 38.7 Å². The van der Waals surface area contributed by atoms with Gasteiger partial charge in [0.05, 0.1) is 11.5 Å². The summed E-state index contributed by atoms with van der Waals surface area (Å²) in [6, 6.07) is 2.14. The largest absolute Gasteiger partial charge is 0.393 e. The van der Waals surface area contributed by atoms with Gasteiger partial charge in [-0.1, -0.05) is 6.92 Å². The van der Waals surface area contributed by atoms with Gasteiger partial charge in [-0.3, -0.25) is 0 Å². The third kappa shape index (κ3) is 2.71. The van der Waals surface area contributed by atoms with E-state index in [0.29, 0.717) is 11.9 Å². The maximum atomic E-state index is 9.58. The Hall–Kier alpha value is -1.40. The number of aryl methyl sites for hydroxylation is 1. The Bertz CT molecular complexity index is 612. The minimum absolute atomic E-state index is 0.134. The van der Waals surface area contributed by atoms with Crippen LogP contribution in [0.25, 0.3) is 10.2 Å². The Labute approximate surface area is 122 Å². The number of nitrogens with two attached hydrogens (primary N) is 1. The highest BCUT2D eigenvalue weighted by atomic mass is 32.1. The van der Waals surface area contributed by atoms with Crippen molar-refractivity contribution >= 4 is 33.3 Å². The summed E-state index contributed by atoms with van der Waals surface area (Å²) in [7, 11) is 0. The van der Waals surface area contributed by atoms with E-state index in [1.807, 2.05) is 0 Å². The van der Waals surface area contributed by atoms with Crippen LogP contribution < -0.4 is 11.1 Å². The number of hydrogen-bond donors (Lipinski definition) is 3. The zero-order chi connectivity index (χ0) is 14.1. The van der Waals surface area contributed by atoms with Crippen LogP contribution in [0.1, 0.15) is 31.1 Å². The Balaban J connectivity index is 1.81. The van der Waals surface area contributed by atoms with Crippen molar-refractivity contribution in [3.63, 3.8) is 0 Å². The number of aliphatic hydroxyl groups excluding tert-OH is 1. The highest BCUT2D eigenvalue weighted by molar-refractivity contribution is 7.18. The van der Waals surface area contributed by atoms with E-state index in [1.165, 1.54) is 4.88 Å². The first-order valence-electron chi connectivity index (χ1n) is 7.13. The van der Waals surface area contributed by atoms with Crippen LogP contribution in [0.5, 0.6) is 0 Å². The lowest BCUT2D eigenvalue weighted by Gasteiger charge is -2.12. The normalized spacial score (nSPS) is 22.5. The lowest BCUT2D eigenvalue weighted by molar-refractivity contribution is 0.178. The van der Waals surface area contributed by atoms with E-state index < -0.39 is 0 Å². The average Bonchev–Trinajstić information content (AvgIpc) is 3.01. The molecule has 2 heterocycles. The molecular weight excluding hydrogens is 272 g/mol. The van der Waals surface area contributed by atoms with Gasteiger partial charge in [0.15, 0.2) is 0 Å². The summed E-state index contributed by atoms with van der Waals surface area (Å²) in [6.07, 6.45) is 3.72. The quantitative estimate of drug-likeness (QED) is 0.806. The van der Waals surface area contributed by atoms with Crippen LogP contribution in [0, 0.1) is 5.92 Å². The summed E-state index contributed by atoms with van der Waals surface area (Å²) in [6.45, 7) is 2.97. The lowest BCUT2D eigenvalue weighted by Crippen LogP contribution is -2.14. The molecule has 108 valence electrons. The fraction of sp³-hybridized carbons (Fsp3) is 0.571. The van der Waals surface area contributed by atoms with Crippen molar-refractivity contribution in [2.24, 2.45) is 5.92 Å². The lowest BCUT2D eigenvalue weighted by atomic mass is 10.1. The van der Waals surface area contributed by atoms with Crippen molar-refractivity contribution in [3.05, 3.63) is 10.9 Å². The number of anilines is 2. The molecule has 0 spiro atoms. The van der Waals surface area contributed by atoms with E-state index in [9.17, 15) is 5.11 Å². The molecule has 3 rings (SSSR count). The second-order valence-corrected chi connectivity index (χ2v) is 6.54. The predicted molar refractivity (Wildman–Crippen MR) is 83.0 cm³/mol. The number of rotatable bonds is 4. The molecule has 1 fully saturated rings. The first-order chi connectivity index (χ1) is 9.65. The summed E-state index contributed by atoms with van der Waals surface area (Å²) in [5.74, 6) is 1.65. The molecule has 1 saturated carbocycles. The van der Waals surface area contributed by atoms with E-state index in [2.05, 4.69) is 28.3 Å². The molecule has 2 atom stereocenters. The van der Waals surface area contributed by atoms with Crippen molar-refractivity contribution < 1.29 is 5.11 Å². The van der Waals surface area contributed by atoms with Crippen LogP contribution in [0.3, 0.4) is 0 Å². The van der Waals surface area contributed by atoms with Crippen molar-refractivity contribution in [2.75, 3.05) is 17.6 Å². The Morgan fingerprint density at radius 3 is 3.00 bits per heavy atom. The van der Waals surface area contributed by atoms with Gasteiger partial charge in [-0.2, -0.15) is 4.98 Å². The Morgan fingerprint density at radius 2 is 2.30 bits per heavy atom. The molecule has 2 unspecified atom stereocenters. The molecule has 0 saturated heterocycles. The number of hydrogen-bond acceptors (Lipinski definition) is 6. The van der Waals surface area contributed by atoms with E-state index >= 15 is 0 Å². The van der Waals surface area contributed by atoms with Crippen LogP contribution in [0.15, 0.2) is 6.07 Å². The maximum absolute atomic E-state index is 9.58. The predicted octanol–water partition coefficient (Wildman–Crippen LogP) is 2.41. The van der Waals surface area contributed by atoms with Gasteiger partial charge in [0.1, 0.15) is 10.6 Å². The molecule has 1 aliphatic rings. The molecule has 20 heavy (non-hydrogen) atoms. The van der Waals surface area contributed by atoms with Crippen molar-refractivity contribution in [3.8, 4) is 0 Å². The second kappa shape index (κ2) is 5.54. The minimum atomic E-state index is -0.134. The SMILES string of the molecule is CCc1cc2c(NCC3CCC(O)C3)nc(N)nc2s1. The van der Waals surface area contributed by atoms with Gasteiger partial charge in [0, 0.05) is 11.4 Å². The number of aromatic nitrogens is 2. The van der Waals surface area contributed by atoms with E-state index in [4.69, 9.17) is 5.73 Å². The maximum Gasteiger partial charge on any atom is 0.223 e. The summed E-state index contributed by atoms with van der Waals surface area (Å²) in [5.41, 5.74) is 5.79. The number of fused-ring (bicyclic) bond motifs is 1. The molecule has 0 bridgehead atoms. The molecule has 0 amide bonds. The zero-order valence-corrected chi connectivity index (χ0v) is 12.4. The van der Waals surface area contributed by atoms with E-state index in [0.717, 1.165) is 48.3 Å². The smallest absolute Gasteiger partial charge is 0.223 e. The highest BCUT2D eigenvalue weighted by Gasteiger charge is 2.22. The van der Waals surface area contributed by atoms with Gasteiger partial charge < -0.3 is 16.2 Å². The monoisotopic (exact) mass is 292 g/mol. The fourth-order valence-electron chi connectivity index (χ4n) is 2.77. The van der Waals surface area contributed by atoms with Crippen LogP contribution in [-0.4, -0.2) is 27.7 Å².